The molecule has 1 amide bonds. The molecule has 0 spiro atoms. The van der Waals surface area contributed by atoms with E-state index in [1.54, 1.807) is 18.2 Å². The molecule has 2 aromatic carbocycles. The molecule has 1 saturated heterocycles. The summed E-state index contributed by atoms with van der Waals surface area (Å²) >= 11 is 6.12. The van der Waals surface area contributed by atoms with E-state index in [4.69, 9.17) is 16.3 Å². The molecular formula is C20H23ClFN3O2. The van der Waals surface area contributed by atoms with Crippen molar-refractivity contribution in [2.45, 2.75) is 6.42 Å². The molecule has 3 rings (SSSR count). The number of hydrogen-bond acceptors (Lipinski definition) is 4. The number of rotatable bonds is 6. The monoisotopic (exact) mass is 391 g/mol. The first-order valence-electron chi connectivity index (χ1n) is 8.93. The topological polar surface area (TPSA) is 44.8 Å². The standard InChI is InChI=1S/C20H23ClFN3O2/c1-24-9-11-25(12-10-24)18-7-6-15(21)14-17(18)23-20(26)8-13-27-19-5-3-2-4-16(19)22/h2-7,14H,8-13H2,1H3,(H,23,26). The van der Waals surface area contributed by atoms with Crippen molar-refractivity contribution in [3.63, 3.8) is 0 Å². The number of nitrogens with one attached hydrogen (secondary N) is 1. The van der Waals surface area contributed by atoms with Crippen molar-refractivity contribution in [1.82, 2.24) is 4.90 Å². The fourth-order valence-electron chi connectivity index (χ4n) is 2.96. The normalized spacial score (nSPS) is 14.9. The zero-order chi connectivity index (χ0) is 19.2. The maximum atomic E-state index is 13.5. The molecule has 7 heteroatoms. The molecule has 0 aliphatic carbocycles. The SMILES string of the molecule is CN1CCN(c2ccc(Cl)cc2NC(=O)CCOc2ccccc2F)CC1. The molecule has 0 atom stereocenters. The predicted molar refractivity (Wildman–Crippen MR) is 106 cm³/mol. The molecule has 0 saturated carbocycles. The number of anilines is 2. The van der Waals surface area contributed by atoms with E-state index in [0.717, 1.165) is 31.9 Å². The summed E-state index contributed by atoms with van der Waals surface area (Å²) in [6.07, 6.45) is 0.114. The van der Waals surface area contributed by atoms with Gasteiger partial charge in [-0.1, -0.05) is 23.7 Å². The Morgan fingerprint density at radius 3 is 2.67 bits per heavy atom. The third-order valence-corrected chi connectivity index (χ3v) is 4.74. The van der Waals surface area contributed by atoms with E-state index in [0.29, 0.717) is 10.7 Å². The summed E-state index contributed by atoms with van der Waals surface area (Å²) in [5, 5.41) is 3.47. The van der Waals surface area contributed by atoms with Gasteiger partial charge in [-0.15, -0.1) is 0 Å². The van der Waals surface area contributed by atoms with E-state index in [9.17, 15) is 9.18 Å². The molecule has 2 aromatic rings. The highest BCUT2D eigenvalue weighted by atomic mass is 35.5. The number of piperazine rings is 1. The summed E-state index contributed by atoms with van der Waals surface area (Å²) < 4.78 is 18.9. The quantitative estimate of drug-likeness (QED) is 0.816. The molecule has 0 bridgehead atoms. The van der Waals surface area contributed by atoms with Gasteiger partial charge < -0.3 is 19.9 Å². The number of carbonyl (C=O) groups excluding carboxylic acids is 1. The second kappa shape index (κ2) is 9.06. The average molecular weight is 392 g/mol. The lowest BCUT2D eigenvalue weighted by atomic mass is 10.2. The van der Waals surface area contributed by atoms with Crippen molar-refractivity contribution in [2.24, 2.45) is 0 Å². The Kier molecular flexibility index (Phi) is 6.53. The number of carbonyl (C=O) groups is 1. The van der Waals surface area contributed by atoms with Crippen LogP contribution in [0.3, 0.4) is 0 Å². The van der Waals surface area contributed by atoms with Crippen LogP contribution in [0.1, 0.15) is 6.42 Å². The summed E-state index contributed by atoms with van der Waals surface area (Å²) in [6, 6.07) is 11.6. The van der Waals surface area contributed by atoms with Crippen molar-refractivity contribution in [1.29, 1.82) is 0 Å². The molecular weight excluding hydrogens is 369 g/mol. The van der Waals surface area contributed by atoms with Crippen molar-refractivity contribution < 1.29 is 13.9 Å². The number of hydrogen-bond donors (Lipinski definition) is 1. The first-order valence-corrected chi connectivity index (χ1v) is 9.31. The Hall–Kier alpha value is -2.31. The number of benzene rings is 2. The van der Waals surface area contributed by atoms with Crippen LogP contribution >= 0.6 is 11.6 Å². The molecule has 1 aliphatic rings. The van der Waals surface area contributed by atoms with Crippen LogP contribution in [-0.2, 0) is 4.79 Å². The first kappa shape index (κ1) is 19.5. The van der Waals surface area contributed by atoms with Gasteiger partial charge in [0.15, 0.2) is 11.6 Å². The van der Waals surface area contributed by atoms with Gasteiger partial charge in [-0.05, 0) is 37.4 Å². The number of ether oxygens (including phenoxy) is 1. The van der Waals surface area contributed by atoms with Gasteiger partial charge in [0.25, 0.3) is 0 Å². The van der Waals surface area contributed by atoms with Crippen molar-refractivity contribution in [3.8, 4) is 5.75 Å². The highest BCUT2D eigenvalue weighted by Crippen LogP contribution is 2.30. The van der Waals surface area contributed by atoms with Crippen molar-refractivity contribution in [2.75, 3.05) is 50.1 Å². The number of halogens is 2. The lowest BCUT2D eigenvalue weighted by molar-refractivity contribution is -0.116. The predicted octanol–water partition coefficient (Wildman–Crippen LogP) is 3.64. The van der Waals surface area contributed by atoms with Gasteiger partial charge in [-0.3, -0.25) is 4.79 Å². The van der Waals surface area contributed by atoms with E-state index < -0.39 is 5.82 Å². The van der Waals surface area contributed by atoms with Crippen LogP contribution in [0, 0.1) is 5.82 Å². The minimum Gasteiger partial charge on any atom is -0.490 e. The van der Waals surface area contributed by atoms with E-state index in [-0.39, 0.29) is 24.7 Å². The maximum Gasteiger partial charge on any atom is 0.227 e. The Morgan fingerprint density at radius 2 is 1.93 bits per heavy atom. The van der Waals surface area contributed by atoms with Crippen LogP contribution in [0.15, 0.2) is 42.5 Å². The van der Waals surface area contributed by atoms with Gasteiger partial charge in [-0.25, -0.2) is 4.39 Å². The van der Waals surface area contributed by atoms with E-state index >= 15 is 0 Å². The summed E-state index contributed by atoms with van der Waals surface area (Å²) in [6.45, 7) is 3.80. The van der Waals surface area contributed by atoms with Crippen LogP contribution in [-0.4, -0.2) is 50.6 Å². The molecule has 1 heterocycles. The highest BCUT2D eigenvalue weighted by Gasteiger charge is 2.18. The van der Waals surface area contributed by atoms with Gasteiger partial charge in [-0.2, -0.15) is 0 Å². The fourth-order valence-corrected chi connectivity index (χ4v) is 3.13. The molecule has 0 aromatic heterocycles. The average Bonchev–Trinajstić information content (AvgIpc) is 2.64. The third kappa shape index (κ3) is 5.34. The van der Waals surface area contributed by atoms with Gasteiger partial charge in [0.05, 0.1) is 24.4 Å². The van der Waals surface area contributed by atoms with Gasteiger partial charge in [0.1, 0.15) is 0 Å². The second-order valence-electron chi connectivity index (χ2n) is 6.53. The first-order chi connectivity index (χ1) is 13.0. The van der Waals surface area contributed by atoms with Crippen LogP contribution in [0.5, 0.6) is 5.75 Å². The Balaban J connectivity index is 1.60. The molecule has 1 aliphatic heterocycles. The van der Waals surface area contributed by atoms with Crippen LogP contribution < -0.4 is 15.0 Å². The Bertz CT molecular complexity index is 795. The number of likely N-dealkylation sites (N-methyl/N-ethyl adjacent to an activating group) is 1. The molecule has 1 fully saturated rings. The lowest BCUT2D eigenvalue weighted by Gasteiger charge is -2.35. The van der Waals surface area contributed by atoms with Crippen molar-refractivity contribution in [3.05, 3.63) is 53.3 Å². The number of para-hydroxylation sites is 1. The zero-order valence-corrected chi connectivity index (χ0v) is 16.0. The summed E-state index contributed by atoms with van der Waals surface area (Å²) in [7, 11) is 2.09. The number of amides is 1. The van der Waals surface area contributed by atoms with E-state index in [1.807, 2.05) is 12.1 Å². The minimum absolute atomic E-state index is 0.0944. The lowest BCUT2D eigenvalue weighted by Crippen LogP contribution is -2.44. The molecule has 0 radical (unpaired) electrons. The van der Waals surface area contributed by atoms with E-state index in [1.165, 1.54) is 12.1 Å². The summed E-state index contributed by atoms with van der Waals surface area (Å²) in [5.41, 5.74) is 1.64. The Morgan fingerprint density at radius 1 is 1.19 bits per heavy atom. The highest BCUT2D eigenvalue weighted by molar-refractivity contribution is 6.31. The molecule has 144 valence electrons. The molecule has 0 unspecified atom stereocenters. The van der Waals surface area contributed by atoms with Crippen LogP contribution in [0.25, 0.3) is 0 Å². The maximum absolute atomic E-state index is 13.5. The second-order valence-corrected chi connectivity index (χ2v) is 6.97. The zero-order valence-electron chi connectivity index (χ0n) is 15.3. The van der Waals surface area contributed by atoms with Crippen LogP contribution in [0.2, 0.25) is 5.02 Å². The molecule has 5 nitrogen and oxygen atoms in total. The number of nitrogens with zero attached hydrogens (tertiary/aromatic N) is 2. The third-order valence-electron chi connectivity index (χ3n) is 4.50. The van der Waals surface area contributed by atoms with E-state index in [2.05, 4.69) is 22.2 Å². The molecule has 1 N–H and O–H groups in total. The van der Waals surface area contributed by atoms with Crippen molar-refractivity contribution >= 4 is 28.9 Å². The van der Waals surface area contributed by atoms with Gasteiger partial charge in [0.2, 0.25) is 5.91 Å². The summed E-state index contributed by atoms with van der Waals surface area (Å²) in [5.74, 6) is -0.500. The van der Waals surface area contributed by atoms with Crippen LogP contribution in [0.4, 0.5) is 15.8 Å². The molecule has 27 heavy (non-hydrogen) atoms. The van der Waals surface area contributed by atoms with Gasteiger partial charge >= 0.3 is 0 Å². The largest absolute Gasteiger partial charge is 0.490 e. The Labute approximate surface area is 163 Å². The van der Waals surface area contributed by atoms with Gasteiger partial charge in [0, 0.05) is 31.2 Å². The smallest absolute Gasteiger partial charge is 0.227 e. The fraction of sp³-hybridized carbons (Fsp3) is 0.350. The summed E-state index contributed by atoms with van der Waals surface area (Å²) in [4.78, 5) is 16.8. The minimum atomic E-state index is -0.440.